The lowest BCUT2D eigenvalue weighted by Crippen LogP contribution is -2.55. The van der Waals surface area contributed by atoms with E-state index in [1.54, 1.807) is 0 Å². The summed E-state index contributed by atoms with van der Waals surface area (Å²) < 4.78 is 6.42. The molecule has 6 heteroatoms. The van der Waals surface area contributed by atoms with Gasteiger partial charge in [0.05, 0.1) is 0 Å². The van der Waals surface area contributed by atoms with Crippen molar-refractivity contribution in [2.24, 2.45) is 0 Å². The molecule has 44 heavy (non-hydrogen) atoms. The Balaban J connectivity index is 1.42. The summed E-state index contributed by atoms with van der Waals surface area (Å²) in [6, 6.07) is 41.7. The second-order valence-electron chi connectivity index (χ2n) is 12.2. The zero-order valence-corrected chi connectivity index (χ0v) is 25.9. The summed E-state index contributed by atoms with van der Waals surface area (Å²) in [5, 5.41) is 7.41. The van der Waals surface area contributed by atoms with E-state index in [-0.39, 0.29) is 0 Å². The number of hydrogen-bond donors (Lipinski definition) is 0. The summed E-state index contributed by atoms with van der Waals surface area (Å²) in [4.78, 5) is 0. The van der Waals surface area contributed by atoms with Gasteiger partial charge < -0.3 is 4.42 Å². The first-order chi connectivity index (χ1) is 21.4. The Morgan fingerprint density at radius 2 is 0.841 bits per heavy atom. The van der Waals surface area contributed by atoms with Crippen LogP contribution in [0, 0.1) is 0 Å². The highest BCUT2D eigenvalue weighted by Crippen LogP contribution is 2.44. The highest BCUT2D eigenvalue weighted by molar-refractivity contribution is 6.69. The highest BCUT2D eigenvalue weighted by atomic mass is 16.3. The van der Waals surface area contributed by atoms with Crippen molar-refractivity contribution in [3.05, 3.63) is 115 Å². The van der Waals surface area contributed by atoms with Crippen LogP contribution in [0.3, 0.4) is 0 Å². The van der Waals surface area contributed by atoms with Crippen molar-refractivity contribution >= 4 is 110 Å². The largest absolute Gasteiger partial charge is 0.456 e. The average molecular weight is 556 g/mol. The fourth-order valence-electron chi connectivity index (χ4n) is 7.33. The van der Waals surface area contributed by atoms with E-state index in [2.05, 4.69) is 154 Å². The maximum absolute atomic E-state index is 6.42. The van der Waals surface area contributed by atoms with Gasteiger partial charge in [0.25, 0.3) is 0 Å². The molecule has 0 unspecified atom stereocenters. The number of furan rings is 1. The first-order valence-corrected chi connectivity index (χ1v) is 15.4. The number of benzene rings is 7. The number of fused-ring (bicyclic) bond motifs is 5. The van der Waals surface area contributed by atoms with E-state index in [1.165, 1.54) is 76.7 Å². The van der Waals surface area contributed by atoms with Crippen LogP contribution in [-0.4, -0.2) is 39.2 Å². The van der Waals surface area contributed by atoms with E-state index in [9.17, 15) is 0 Å². The minimum atomic E-state index is 0.913. The third kappa shape index (κ3) is 3.94. The molecule has 0 spiro atoms. The van der Waals surface area contributed by atoms with E-state index in [4.69, 9.17) is 4.42 Å². The maximum Gasteiger partial charge on any atom is 0.139 e. The van der Waals surface area contributed by atoms with Crippen molar-refractivity contribution < 1.29 is 4.42 Å². The van der Waals surface area contributed by atoms with Gasteiger partial charge in [-0.3, -0.25) is 0 Å². The third-order valence-electron chi connectivity index (χ3n) is 10.0. The molecule has 0 aliphatic rings. The molecule has 0 aliphatic carbocycles. The van der Waals surface area contributed by atoms with Crippen molar-refractivity contribution in [2.45, 2.75) is 0 Å². The number of rotatable bonds is 3. The Morgan fingerprint density at radius 3 is 1.45 bits per heavy atom. The Bertz CT molecular complexity index is 2360. The standard InChI is InChI=1S/C38H29B5O/c39-34-33(35(40)37(42)38(43)36(34)41)32-26-12-6-4-10-24(26)31(25-11-5-7-13-27(25)32)22-15-17-29-28(18-22)23-16-14-21(19-30(23)44-29)20-8-2-1-3-9-20/h1-19H,39-43H2. The smallest absolute Gasteiger partial charge is 0.139 e. The lowest BCUT2D eigenvalue weighted by atomic mass is 9.59. The Morgan fingerprint density at radius 1 is 0.318 bits per heavy atom. The molecule has 7 aromatic carbocycles. The molecule has 8 aromatic rings. The zero-order valence-electron chi connectivity index (χ0n) is 25.9. The first-order valence-electron chi connectivity index (χ1n) is 15.4. The maximum atomic E-state index is 6.42. The summed E-state index contributed by atoms with van der Waals surface area (Å²) in [6.07, 6.45) is 0. The Labute approximate surface area is 262 Å². The van der Waals surface area contributed by atoms with Crippen LogP contribution in [0.4, 0.5) is 0 Å². The summed E-state index contributed by atoms with van der Waals surface area (Å²) in [5.41, 5.74) is 16.3. The van der Waals surface area contributed by atoms with Crippen molar-refractivity contribution in [1.29, 1.82) is 0 Å². The van der Waals surface area contributed by atoms with Gasteiger partial charge >= 0.3 is 0 Å². The first kappa shape index (κ1) is 26.8. The topological polar surface area (TPSA) is 13.1 Å². The molecular weight excluding hydrogens is 526 g/mol. The van der Waals surface area contributed by atoms with Crippen LogP contribution >= 0.6 is 0 Å². The molecule has 1 heterocycles. The highest BCUT2D eigenvalue weighted by Gasteiger charge is 2.21. The van der Waals surface area contributed by atoms with Crippen molar-refractivity contribution in [1.82, 2.24) is 0 Å². The van der Waals surface area contributed by atoms with Crippen molar-refractivity contribution in [3.63, 3.8) is 0 Å². The van der Waals surface area contributed by atoms with E-state index in [1.807, 2.05) is 0 Å². The average Bonchev–Trinajstić information content (AvgIpc) is 3.44. The molecule has 0 saturated carbocycles. The molecule has 8 rings (SSSR count). The third-order valence-corrected chi connectivity index (χ3v) is 10.0. The normalized spacial score (nSPS) is 11.6. The molecule has 0 amide bonds. The van der Waals surface area contributed by atoms with Gasteiger partial charge in [0.15, 0.2) is 0 Å². The van der Waals surface area contributed by atoms with Gasteiger partial charge in [-0.2, -0.15) is 0 Å². The molecule has 0 aliphatic heterocycles. The van der Waals surface area contributed by atoms with Crippen LogP contribution in [0.5, 0.6) is 0 Å². The summed E-state index contributed by atoms with van der Waals surface area (Å²) >= 11 is 0. The molecule has 0 saturated heterocycles. The Hall–Kier alpha value is -4.82. The SMILES string of the molecule is Bc1c(B)c(B)c(-c2c3ccccc3c(-c3ccc4oc5cc(-c6ccccc6)ccc5c4c3)c3ccccc23)c(B)c1B. The lowest BCUT2D eigenvalue weighted by molar-refractivity contribution is 0.669. The number of hydrogen-bond acceptors (Lipinski definition) is 1. The van der Waals surface area contributed by atoms with Gasteiger partial charge in [-0.1, -0.05) is 102 Å². The second kappa shape index (κ2) is 10.1. The minimum Gasteiger partial charge on any atom is -0.456 e. The fraction of sp³-hybridized carbons (Fsp3) is 0. The van der Waals surface area contributed by atoms with E-state index >= 15 is 0 Å². The summed E-state index contributed by atoms with van der Waals surface area (Å²) in [5.74, 6) is 0. The molecule has 0 radical (unpaired) electrons. The van der Waals surface area contributed by atoms with Crippen LogP contribution in [0.25, 0.3) is 76.9 Å². The van der Waals surface area contributed by atoms with E-state index in [0.29, 0.717) is 0 Å². The quantitative estimate of drug-likeness (QED) is 0.241. The van der Waals surface area contributed by atoms with Gasteiger partial charge in [0.1, 0.15) is 50.4 Å². The lowest BCUT2D eigenvalue weighted by Gasteiger charge is -2.24. The molecule has 0 fully saturated rings. The van der Waals surface area contributed by atoms with Crippen LogP contribution in [0.1, 0.15) is 0 Å². The van der Waals surface area contributed by atoms with E-state index < -0.39 is 0 Å². The molecule has 1 aromatic heterocycles. The Kier molecular flexibility index (Phi) is 6.17. The van der Waals surface area contributed by atoms with E-state index in [0.717, 1.165) is 27.5 Å². The second-order valence-corrected chi connectivity index (χ2v) is 12.2. The molecular formula is C38H29B5O. The predicted molar refractivity (Wildman–Crippen MR) is 206 cm³/mol. The van der Waals surface area contributed by atoms with Crippen LogP contribution in [0.15, 0.2) is 120 Å². The van der Waals surface area contributed by atoms with Crippen LogP contribution in [-0.2, 0) is 0 Å². The van der Waals surface area contributed by atoms with Gasteiger partial charge in [-0.05, 0) is 79.2 Å². The van der Waals surface area contributed by atoms with Gasteiger partial charge in [-0.25, -0.2) is 0 Å². The molecule has 0 bridgehead atoms. The fourth-order valence-corrected chi connectivity index (χ4v) is 7.33. The van der Waals surface area contributed by atoms with Crippen LogP contribution < -0.4 is 27.3 Å². The van der Waals surface area contributed by atoms with Gasteiger partial charge in [0, 0.05) is 10.8 Å². The predicted octanol–water partition coefficient (Wildman–Crippen LogP) is 2.19. The van der Waals surface area contributed by atoms with Crippen molar-refractivity contribution in [2.75, 3.05) is 0 Å². The van der Waals surface area contributed by atoms with Gasteiger partial charge in [-0.15, -0.1) is 16.4 Å². The van der Waals surface area contributed by atoms with Crippen molar-refractivity contribution in [3.8, 4) is 33.4 Å². The van der Waals surface area contributed by atoms with Gasteiger partial charge in [0.2, 0.25) is 0 Å². The summed E-state index contributed by atoms with van der Waals surface area (Å²) in [7, 11) is 11.4. The minimum absolute atomic E-state index is 0.913. The summed E-state index contributed by atoms with van der Waals surface area (Å²) in [6.45, 7) is 0. The van der Waals surface area contributed by atoms with Crippen LogP contribution in [0.2, 0.25) is 0 Å². The zero-order chi connectivity index (χ0) is 30.1. The molecule has 0 N–H and O–H groups in total. The molecule has 0 atom stereocenters. The molecule has 1 nitrogen and oxygen atoms in total. The molecule has 202 valence electrons. The monoisotopic (exact) mass is 556 g/mol.